The second kappa shape index (κ2) is 12.0. The van der Waals surface area contributed by atoms with Crippen molar-refractivity contribution in [3.63, 3.8) is 0 Å². The van der Waals surface area contributed by atoms with Gasteiger partial charge in [-0.1, -0.05) is 94.9 Å². The molecular formula is C33H22Cl4O3. The van der Waals surface area contributed by atoms with Gasteiger partial charge in [-0.05, 0) is 76.9 Å². The highest BCUT2D eigenvalue weighted by Gasteiger charge is 2.38. The molecule has 0 heterocycles. The van der Waals surface area contributed by atoms with E-state index >= 15 is 0 Å². The lowest BCUT2D eigenvalue weighted by molar-refractivity contribution is -0.134. The number of ketones is 2. The molecule has 0 aromatic heterocycles. The Bertz CT molecular complexity index is 1530. The highest BCUT2D eigenvalue weighted by Crippen LogP contribution is 2.43. The maximum Gasteiger partial charge on any atom is 0.267 e. The molecule has 200 valence electrons. The van der Waals surface area contributed by atoms with Gasteiger partial charge in [0.15, 0.2) is 5.76 Å². The number of rotatable bonds is 7. The largest absolute Gasteiger partial charge is 0.492 e. The van der Waals surface area contributed by atoms with E-state index in [1.54, 1.807) is 54.6 Å². The maximum atomic E-state index is 13.7. The predicted octanol–water partition coefficient (Wildman–Crippen LogP) is 9.24. The van der Waals surface area contributed by atoms with Gasteiger partial charge in [0.05, 0.1) is 7.11 Å². The first-order valence-electron chi connectivity index (χ1n) is 12.4. The first-order valence-corrected chi connectivity index (χ1v) is 13.9. The van der Waals surface area contributed by atoms with Crippen LogP contribution in [0.15, 0.2) is 120 Å². The fourth-order valence-electron chi connectivity index (χ4n) is 5.03. The second-order valence-corrected chi connectivity index (χ2v) is 11.1. The van der Waals surface area contributed by atoms with Crippen LogP contribution in [0.5, 0.6) is 0 Å². The molecule has 0 aliphatic heterocycles. The molecule has 1 aliphatic carbocycles. The third kappa shape index (κ3) is 5.75. The van der Waals surface area contributed by atoms with Crippen molar-refractivity contribution in [3.8, 4) is 0 Å². The van der Waals surface area contributed by atoms with E-state index in [2.05, 4.69) is 0 Å². The molecule has 0 atom stereocenters. The van der Waals surface area contributed by atoms with Crippen LogP contribution in [0.3, 0.4) is 0 Å². The molecule has 1 aliphatic rings. The zero-order valence-electron chi connectivity index (χ0n) is 21.2. The minimum atomic E-state index is -0.712. The fourth-order valence-corrected chi connectivity index (χ4v) is 5.53. The van der Waals surface area contributed by atoms with E-state index in [0.29, 0.717) is 31.2 Å². The van der Waals surface area contributed by atoms with Crippen LogP contribution in [0.4, 0.5) is 0 Å². The molecular weight excluding hydrogens is 586 g/mol. The van der Waals surface area contributed by atoms with Crippen LogP contribution < -0.4 is 0 Å². The number of Topliss-reactive ketones (excluding diaryl/α,β-unsaturated/α-hetero) is 2. The SMILES string of the molecule is COC1=C(C(c2ccc(Cl)cc2)c2ccc(Cl)cc2)C=C(C(c2ccc(Cl)cc2)c2ccc(Cl)cc2)C(=O)C1=O. The lowest BCUT2D eigenvalue weighted by atomic mass is 9.75. The van der Waals surface area contributed by atoms with E-state index in [1.165, 1.54) is 7.11 Å². The molecule has 4 aromatic carbocycles. The number of halogens is 4. The van der Waals surface area contributed by atoms with Gasteiger partial charge in [0, 0.05) is 43.1 Å². The number of allylic oxidation sites excluding steroid dienone is 4. The van der Waals surface area contributed by atoms with E-state index in [4.69, 9.17) is 51.1 Å². The third-order valence-electron chi connectivity index (χ3n) is 6.89. The van der Waals surface area contributed by atoms with Gasteiger partial charge in [0.1, 0.15) is 0 Å². The second-order valence-electron chi connectivity index (χ2n) is 9.32. The topological polar surface area (TPSA) is 43.4 Å². The van der Waals surface area contributed by atoms with Crippen LogP contribution in [-0.2, 0) is 14.3 Å². The highest BCUT2D eigenvalue weighted by atomic mass is 35.5. The fraction of sp³-hybridized carbons (Fsp3) is 0.0909. The minimum Gasteiger partial charge on any atom is -0.492 e. The Morgan fingerprint density at radius 3 is 1.15 bits per heavy atom. The molecule has 4 aromatic rings. The number of carbonyl (C=O) groups excluding carboxylic acids is 2. The number of ether oxygens (including phenoxy) is 1. The number of carbonyl (C=O) groups is 2. The van der Waals surface area contributed by atoms with Crippen LogP contribution in [-0.4, -0.2) is 18.7 Å². The summed E-state index contributed by atoms with van der Waals surface area (Å²) in [6, 6.07) is 29.2. The lowest BCUT2D eigenvalue weighted by Crippen LogP contribution is -2.29. The summed E-state index contributed by atoms with van der Waals surface area (Å²) in [6.07, 6.45) is 1.78. The summed E-state index contributed by atoms with van der Waals surface area (Å²) in [5.74, 6) is -2.37. The van der Waals surface area contributed by atoms with Crippen LogP contribution in [0.25, 0.3) is 0 Å². The molecule has 0 fully saturated rings. The Labute approximate surface area is 252 Å². The quantitative estimate of drug-likeness (QED) is 0.155. The van der Waals surface area contributed by atoms with Crippen molar-refractivity contribution in [2.75, 3.05) is 7.11 Å². The van der Waals surface area contributed by atoms with Crippen molar-refractivity contribution in [1.82, 2.24) is 0 Å². The molecule has 0 unspecified atom stereocenters. The first-order chi connectivity index (χ1) is 19.3. The summed E-state index contributed by atoms with van der Waals surface area (Å²) >= 11 is 24.8. The van der Waals surface area contributed by atoms with Gasteiger partial charge in [-0.3, -0.25) is 9.59 Å². The van der Waals surface area contributed by atoms with E-state index in [1.807, 2.05) is 48.5 Å². The molecule has 3 nitrogen and oxygen atoms in total. The Balaban J connectivity index is 1.76. The third-order valence-corrected chi connectivity index (χ3v) is 7.90. The van der Waals surface area contributed by atoms with Crippen LogP contribution in [0, 0.1) is 0 Å². The summed E-state index contributed by atoms with van der Waals surface area (Å²) in [5.41, 5.74) is 4.20. The molecule has 0 saturated heterocycles. The Kier molecular flexibility index (Phi) is 8.48. The Hall–Kier alpha value is -3.34. The van der Waals surface area contributed by atoms with Crippen LogP contribution in [0.1, 0.15) is 34.1 Å². The summed E-state index contributed by atoms with van der Waals surface area (Å²) in [6.45, 7) is 0. The van der Waals surface area contributed by atoms with Gasteiger partial charge in [0.2, 0.25) is 5.78 Å². The van der Waals surface area contributed by atoms with E-state index < -0.39 is 23.4 Å². The summed E-state index contributed by atoms with van der Waals surface area (Å²) in [4.78, 5) is 27.4. The lowest BCUT2D eigenvalue weighted by Gasteiger charge is -2.28. The summed E-state index contributed by atoms with van der Waals surface area (Å²) in [7, 11) is 1.40. The van der Waals surface area contributed by atoms with Crippen LogP contribution in [0.2, 0.25) is 20.1 Å². The van der Waals surface area contributed by atoms with Crippen molar-refractivity contribution in [1.29, 1.82) is 0 Å². The molecule has 7 heteroatoms. The highest BCUT2D eigenvalue weighted by molar-refractivity contribution is 6.50. The average molecular weight is 608 g/mol. The standard InChI is InChI=1S/C33H22Cl4O3/c1-40-33-28(30(21-6-14-25(36)15-7-21)22-8-16-26(37)17-9-22)18-27(31(38)32(33)39)29(19-2-10-23(34)11-3-19)20-4-12-24(35)13-5-20/h2-18,29-30H,1H3. The van der Waals surface area contributed by atoms with Crippen molar-refractivity contribution in [2.45, 2.75) is 11.8 Å². The van der Waals surface area contributed by atoms with Gasteiger partial charge >= 0.3 is 0 Å². The average Bonchev–Trinajstić information content (AvgIpc) is 2.95. The Morgan fingerprint density at radius 1 is 0.500 bits per heavy atom. The molecule has 0 amide bonds. The summed E-state index contributed by atoms with van der Waals surface area (Å²) < 4.78 is 5.61. The normalized spacial score (nSPS) is 13.7. The monoisotopic (exact) mass is 606 g/mol. The first kappa shape index (κ1) is 28.2. The molecule has 0 radical (unpaired) electrons. The number of hydrogen-bond donors (Lipinski definition) is 0. The minimum absolute atomic E-state index is 0.00499. The smallest absolute Gasteiger partial charge is 0.267 e. The van der Waals surface area contributed by atoms with Gasteiger partial charge < -0.3 is 4.74 Å². The molecule has 0 N–H and O–H groups in total. The van der Waals surface area contributed by atoms with Gasteiger partial charge in [-0.25, -0.2) is 0 Å². The molecule has 0 bridgehead atoms. The molecule has 40 heavy (non-hydrogen) atoms. The zero-order valence-corrected chi connectivity index (χ0v) is 24.2. The predicted molar refractivity (Wildman–Crippen MR) is 162 cm³/mol. The molecule has 0 saturated carbocycles. The van der Waals surface area contributed by atoms with E-state index in [-0.39, 0.29) is 5.76 Å². The summed E-state index contributed by atoms with van der Waals surface area (Å²) in [5, 5.41) is 2.28. The van der Waals surface area contributed by atoms with Crippen molar-refractivity contribution >= 4 is 58.0 Å². The number of methoxy groups -OCH3 is 1. The van der Waals surface area contributed by atoms with Crippen molar-refractivity contribution in [2.24, 2.45) is 0 Å². The molecule has 0 spiro atoms. The van der Waals surface area contributed by atoms with Crippen molar-refractivity contribution < 1.29 is 14.3 Å². The van der Waals surface area contributed by atoms with Crippen LogP contribution >= 0.6 is 46.4 Å². The van der Waals surface area contributed by atoms with Gasteiger partial charge in [0.25, 0.3) is 5.78 Å². The van der Waals surface area contributed by atoms with Gasteiger partial charge in [-0.15, -0.1) is 0 Å². The Morgan fingerprint density at radius 2 is 0.825 bits per heavy atom. The van der Waals surface area contributed by atoms with Gasteiger partial charge in [-0.2, -0.15) is 0 Å². The maximum absolute atomic E-state index is 13.7. The molecule has 5 rings (SSSR count). The zero-order chi connectivity index (χ0) is 28.4. The number of benzene rings is 4. The van der Waals surface area contributed by atoms with E-state index in [9.17, 15) is 9.59 Å². The van der Waals surface area contributed by atoms with E-state index in [0.717, 1.165) is 22.3 Å². The number of hydrogen-bond acceptors (Lipinski definition) is 3. The van der Waals surface area contributed by atoms with Crippen molar-refractivity contribution in [3.05, 3.63) is 162 Å².